The van der Waals surface area contributed by atoms with E-state index in [4.69, 9.17) is 37.0 Å². The lowest BCUT2D eigenvalue weighted by Crippen LogP contribution is -2.30. The zero-order valence-electron chi connectivity index (χ0n) is 63.7. The number of phosphoric acid groups is 2. The molecule has 0 saturated carbocycles. The van der Waals surface area contributed by atoms with Gasteiger partial charge >= 0.3 is 39.5 Å². The molecule has 0 spiro atoms. The van der Waals surface area contributed by atoms with Gasteiger partial charge in [0.15, 0.2) is 12.2 Å². The van der Waals surface area contributed by atoms with Crippen LogP contribution in [0.3, 0.4) is 0 Å². The Bertz CT molecular complexity index is 2460. The molecule has 19 heteroatoms. The quantitative estimate of drug-likeness (QED) is 0.0169. The predicted octanol–water partition coefficient (Wildman–Crippen LogP) is 22.9. The lowest BCUT2D eigenvalue weighted by molar-refractivity contribution is -0.161. The maximum Gasteiger partial charge on any atom is 0.472 e. The van der Waals surface area contributed by atoms with Crippen molar-refractivity contribution in [2.24, 2.45) is 0 Å². The Morgan fingerprint density at radius 3 is 0.853 bits per heavy atom. The Kier molecular flexibility index (Phi) is 71.0. The highest BCUT2D eigenvalue weighted by Crippen LogP contribution is 2.45. The Labute approximate surface area is 618 Å². The smallest absolute Gasteiger partial charge is 0.462 e. The summed E-state index contributed by atoms with van der Waals surface area (Å²) in [4.78, 5) is 72.9. The van der Waals surface area contributed by atoms with E-state index in [-0.39, 0.29) is 25.7 Å². The van der Waals surface area contributed by atoms with Crippen molar-refractivity contribution in [3.8, 4) is 0 Å². The third kappa shape index (κ3) is 73.5. The molecule has 17 nitrogen and oxygen atoms in total. The summed E-state index contributed by atoms with van der Waals surface area (Å²) in [5, 5.41) is 10.6. The normalized spacial score (nSPS) is 14.6. The summed E-state index contributed by atoms with van der Waals surface area (Å²) >= 11 is 0. The second kappa shape index (κ2) is 74.5. The molecule has 0 radical (unpaired) electrons. The highest BCUT2D eigenvalue weighted by molar-refractivity contribution is 7.47. The second-order valence-corrected chi connectivity index (χ2v) is 28.8. The van der Waals surface area contributed by atoms with Crippen LogP contribution in [0.1, 0.15) is 310 Å². The fourth-order valence-corrected chi connectivity index (χ4v) is 11.7. The first-order chi connectivity index (χ1) is 49.7. The lowest BCUT2D eigenvalue weighted by atomic mass is 10.0. The number of aliphatic hydroxyl groups is 1. The molecular weight excluding hydrogens is 1330 g/mol. The van der Waals surface area contributed by atoms with Crippen LogP contribution < -0.4 is 0 Å². The number of allylic oxidation sites excluding steroid dienone is 22. The van der Waals surface area contributed by atoms with Crippen molar-refractivity contribution < 1.29 is 80.2 Å². The number of ether oxygens (including phenoxy) is 4. The second-order valence-electron chi connectivity index (χ2n) is 25.9. The molecular formula is C83H140O17P2. The van der Waals surface area contributed by atoms with Gasteiger partial charge in [-0.15, -0.1) is 0 Å². The van der Waals surface area contributed by atoms with Gasteiger partial charge in [-0.1, -0.05) is 283 Å². The number of hydrogen-bond donors (Lipinski definition) is 3. The van der Waals surface area contributed by atoms with E-state index in [0.29, 0.717) is 32.1 Å². The van der Waals surface area contributed by atoms with Crippen LogP contribution in [0.4, 0.5) is 0 Å². The van der Waals surface area contributed by atoms with Crippen molar-refractivity contribution in [2.45, 2.75) is 329 Å². The van der Waals surface area contributed by atoms with Crippen molar-refractivity contribution in [3.05, 3.63) is 134 Å². The summed E-state index contributed by atoms with van der Waals surface area (Å²) in [6, 6.07) is 0. The topological polar surface area (TPSA) is 237 Å². The van der Waals surface area contributed by atoms with Gasteiger partial charge < -0.3 is 33.8 Å². The largest absolute Gasteiger partial charge is 0.472 e. The standard InChI is InChI=1S/C83H140O17P2/c1-5-9-13-17-21-25-29-33-36-37-38-39-42-45-48-52-56-60-64-68-81(86)94-74-79(100-83(88)70-66-62-58-54-50-46-41-35-31-27-23-19-15-11-7-3)76-98-102(91,92)96-72-77(84)71-95-101(89,90)97-75-78(99-82(87)69-65-61-57-53-49-43-32-28-24-20-16-12-8-4)73-93-80(85)67-63-59-55-51-47-44-40-34-30-26-22-18-14-10-6-2/h9,11,13,15-16,20-21,23,25,27-28,32-33,35-36,38-39,41,45,48,50,54,77-79,84H,5-8,10,12,14,17-19,22,24,26,29-31,34,37,40,42-44,46-47,49,51-53,55-76H2,1-4H3,(H,89,90)(H,91,92)/b13-9-,15-11-,20-16-,25-21-,27-23-,32-28-,36-33-,39-38-,41-35-,48-45-,54-50-. The van der Waals surface area contributed by atoms with Gasteiger partial charge in [0.05, 0.1) is 26.4 Å². The van der Waals surface area contributed by atoms with Gasteiger partial charge in [-0.25, -0.2) is 9.13 Å². The molecule has 5 atom stereocenters. The van der Waals surface area contributed by atoms with E-state index >= 15 is 0 Å². The van der Waals surface area contributed by atoms with Crippen LogP contribution in [-0.2, 0) is 65.4 Å². The number of hydrogen-bond acceptors (Lipinski definition) is 15. The van der Waals surface area contributed by atoms with E-state index in [2.05, 4.69) is 161 Å². The van der Waals surface area contributed by atoms with E-state index in [1.54, 1.807) is 0 Å². The van der Waals surface area contributed by atoms with Crippen molar-refractivity contribution in [3.63, 3.8) is 0 Å². The van der Waals surface area contributed by atoms with Gasteiger partial charge in [0, 0.05) is 25.7 Å². The Balaban J connectivity index is 5.42. The fourth-order valence-electron chi connectivity index (χ4n) is 10.2. The molecule has 5 unspecified atom stereocenters. The van der Waals surface area contributed by atoms with Gasteiger partial charge in [0.25, 0.3) is 0 Å². The summed E-state index contributed by atoms with van der Waals surface area (Å²) in [6.07, 6.45) is 83.0. The molecule has 0 aliphatic carbocycles. The van der Waals surface area contributed by atoms with Crippen molar-refractivity contribution >= 4 is 39.5 Å². The number of carbonyl (C=O) groups is 4. The Hall–Kier alpha value is -4.80. The van der Waals surface area contributed by atoms with Crippen molar-refractivity contribution in [1.82, 2.24) is 0 Å². The number of esters is 4. The molecule has 0 aromatic rings. The van der Waals surface area contributed by atoms with Crippen LogP contribution in [0, 0.1) is 0 Å². The van der Waals surface area contributed by atoms with Gasteiger partial charge in [-0.2, -0.15) is 0 Å². The van der Waals surface area contributed by atoms with Gasteiger partial charge in [-0.05, 0) is 135 Å². The third-order valence-electron chi connectivity index (χ3n) is 16.1. The van der Waals surface area contributed by atoms with E-state index in [9.17, 15) is 43.2 Å². The molecule has 0 saturated heterocycles. The number of phosphoric ester groups is 2. The predicted molar refractivity (Wildman–Crippen MR) is 418 cm³/mol. The van der Waals surface area contributed by atoms with Crippen LogP contribution >= 0.6 is 15.6 Å². The first-order valence-electron chi connectivity index (χ1n) is 39.4. The molecule has 0 aromatic carbocycles. The van der Waals surface area contributed by atoms with E-state index < -0.39 is 97.5 Å². The summed E-state index contributed by atoms with van der Waals surface area (Å²) in [7, 11) is -9.98. The number of unbranched alkanes of at least 4 members (excludes halogenated alkanes) is 25. The lowest BCUT2D eigenvalue weighted by Gasteiger charge is -2.21. The molecule has 0 aromatic heterocycles. The van der Waals surface area contributed by atoms with Crippen LogP contribution in [0.15, 0.2) is 134 Å². The summed E-state index contributed by atoms with van der Waals surface area (Å²) < 4.78 is 68.5. The van der Waals surface area contributed by atoms with Crippen molar-refractivity contribution in [1.29, 1.82) is 0 Å². The van der Waals surface area contributed by atoms with E-state index in [1.807, 2.05) is 0 Å². The van der Waals surface area contributed by atoms with Gasteiger partial charge in [0.1, 0.15) is 19.3 Å². The van der Waals surface area contributed by atoms with Crippen LogP contribution in [0.5, 0.6) is 0 Å². The SMILES string of the molecule is CC/C=C\C/C=C\C/C=C\C/C=C\C/C=C\CCCCCC(=O)OCC(COP(=O)(O)OCC(O)COP(=O)(O)OCC(COC(=O)CCCCCCCCCCCCCCCCC)OC(=O)CCCCCCC/C=C\C/C=C\CCC)OC(=O)CCCC/C=C\C/C=C\C/C=C\C/C=C\CC. The number of rotatable bonds is 73. The van der Waals surface area contributed by atoms with Gasteiger partial charge in [0.2, 0.25) is 0 Å². The maximum atomic E-state index is 13.1. The third-order valence-corrected chi connectivity index (χ3v) is 18.0. The minimum Gasteiger partial charge on any atom is -0.462 e. The minimum absolute atomic E-state index is 0.0313. The average Bonchev–Trinajstić information content (AvgIpc) is 0.924. The van der Waals surface area contributed by atoms with E-state index in [0.717, 1.165) is 154 Å². The molecule has 0 heterocycles. The number of aliphatic hydroxyl groups excluding tert-OH is 1. The highest BCUT2D eigenvalue weighted by atomic mass is 31.2. The first kappa shape index (κ1) is 97.2. The molecule has 0 fully saturated rings. The minimum atomic E-state index is -5.00. The summed E-state index contributed by atoms with van der Waals surface area (Å²) in [6.45, 7) is 4.49. The fraction of sp³-hybridized carbons (Fsp3) is 0.687. The molecule has 0 rings (SSSR count). The summed E-state index contributed by atoms with van der Waals surface area (Å²) in [5.41, 5.74) is 0. The van der Waals surface area contributed by atoms with Crippen LogP contribution in [0.25, 0.3) is 0 Å². The summed E-state index contributed by atoms with van der Waals surface area (Å²) in [5.74, 6) is -2.27. The van der Waals surface area contributed by atoms with Crippen LogP contribution in [-0.4, -0.2) is 96.7 Å². The van der Waals surface area contributed by atoms with Gasteiger partial charge in [-0.3, -0.25) is 37.3 Å². The zero-order chi connectivity index (χ0) is 74.6. The van der Waals surface area contributed by atoms with E-state index in [1.165, 1.54) is 70.6 Å². The molecule has 102 heavy (non-hydrogen) atoms. The molecule has 3 N–H and O–H groups in total. The van der Waals surface area contributed by atoms with Crippen molar-refractivity contribution in [2.75, 3.05) is 39.6 Å². The molecule has 0 bridgehead atoms. The van der Waals surface area contributed by atoms with Crippen LogP contribution in [0.2, 0.25) is 0 Å². The Morgan fingerprint density at radius 2 is 0.529 bits per heavy atom. The Morgan fingerprint density at radius 1 is 0.284 bits per heavy atom. The molecule has 0 aliphatic rings. The molecule has 584 valence electrons. The first-order valence-corrected chi connectivity index (χ1v) is 42.4. The average molecular weight is 1470 g/mol. The molecule has 0 aliphatic heterocycles. The zero-order valence-corrected chi connectivity index (χ0v) is 65.5. The maximum absolute atomic E-state index is 13.1. The number of carbonyl (C=O) groups excluding carboxylic acids is 4. The molecule has 0 amide bonds. The highest BCUT2D eigenvalue weighted by Gasteiger charge is 2.30. The monoisotopic (exact) mass is 1470 g/mol.